The van der Waals surface area contributed by atoms with Crippen LogP contribution < -0.4 is 5.32 Å². The van der Waals surface area contributed by atoms with E-state index in [0.717, 1.165) is 43.0 Å². The van der Waals surface area contributed by atoms with Gasteiger partial charge in [0.25, 0.3) is 0 Å². The minimum absolute atomic E-state index is 0.207. The van der Waals surface area contributed by atoms with Crippen molar-refractivity contribution in [2.75, 3.05) is 5.32 Å². The van der Waals surface area contributed by atoms with E-state index in [2.05, 4.69) is 25.6 Å². The average molecular weight is 449 g/mol. The Labute approximate surface area is 191 Å². The van der Waals surface area contributed by atoms with Crippen molar-refractivity contribution in [3.63, 3.8) is 0 Å². The van der Waals surface area contributed by atoms with E-state index in [9.17, 15) is 14.3 Å². The van der Waals surface area contributed by atoms with Gasteiger partial charge in [0.2, 0.25) is 0 Å². The molecule has 3 aromatic rings. The fourth-order valence-electron chi connectivity index (χ4n) is 5.29. The molecule has 0 aromatic carbocycles. The van der Waals surface area contributed by atoms with Gasteiger partial charge in [0.15, 0.2) is 0 Å². The Morgan fingerprint density at radius 3 is 2.70 bits per heavy atom. The number of urea groups is 1. The highest BCUT2D eigenvalue weighted by Crippen LogP contribution is 2.52. The molecule has 2 amide bonds. The molecule has 1 atom stereocenters. The van der Waals surface area contributed by atoms with Crippen LogP contribution >= 0.6 is 0 Å². The predicted octanol–water partition coefficient (Wildman–Crippen LogP) is 3.08. The normalized spacial score (nSPS) is 25.2. The third kappa shape index (κ3) is 3.40. The van der Waals surface area contributed by atoms with Crippen molar-refractivity contribution in [2.24, 2.45) is 0 Å². The van der Waals surface area contributed by atoms with Crippen LogP contribution in [0.2, 0.25) is 0 Å². The number of alkyl halides is 1. The summed E-state index contributed by atoms with van der Waals surface area (Å²) in [6, 6.07) is 1.35. The van der Waals surface area contributed by atoms with Gasteiger partial charge in [-0.2, -0.15) is 10.2 Å². The van der Waals surface area contributed by atoms with Crippen LogP contribution in [0.1, 0.15) is 51.4 Å². The molecule has 3 aromatic heterocycles. The number of likely N-dealkylation sites (tertiary alicyclic amines) is 1. The third-order valence-corrected chi connectivity index (χ3v) is 7.42. The summed E-state index contributed by atoms with van der Waals surface area (Å²) < 4.78 is 16.4. The third-order valence-electron chi connectivity index (χ3n) is 7.42. The zero-order chi connectivity index (χ0) is 22.8. The monoisotopic (exact) mass is 449 g/mol. The van der Waals surface area contributed by atoms with Crippen LogP contribution in [0.3, 0.4) is 0 Å². The number of fused-ring (bicyclic) bond motifs is 1. The van der Waals surface area contributed by atoms with Gasteiger partial charge in [-0.3, -0.25) is 19.7 Å². The lowest BCUT2D eigenvalue weighted by Crippen LogP contribution is -2.62. The lowest BCUT2D eigenvalue weighted by atomic mass is 9.78. The highest BCUT2D eigenvalue weighted by atomic mass is 19.1. The maximum absolute atomic E-state index is 14.7. The summed E-state index contributed by atoms with van der Waals surface area (Å²) in [5.41, 5.74) is -1.02. The second kappa shape index (κ2) is 7.03. The SMILES string of the molecule is [B]C1(O)CCCC2(CC2)N1C(=O)Nc1cn[nH]c1-c1cc2c(cn1)cnn2CC1(F)CCC1. The molecule has 170 valence electrons. The summed E-state index contributed by atoms with van der Waals surface area (Å²) in [6.07, 6.45) is 10.5. The molecule has 33 heavy (non-hydrogen) atoms. The molecule has 2 radical (unpaired) electrons. The number of carbonyl (C=O) groups is 1. The van der Waals surface area contributed by atoms with Crippen LogP contribution in [0.4, 0.5) is 14.9 Å². The number of rotatable bonds is 4. The molecule has 2 saturated carbocycles. The van der Waals surface area contributed by atoms with Crippen molar-refractivity contribution in [3.8, 4) is 11.4 Å². The Balaban J connectivity index is 1.29. The van der Waals surface area contributed by atoms with Crippen molar-refractivity contribution >= 4 is 30.5 Å². The highest BCUT2D eigenvalue weighted by molar-refractivity contribution is 6.16. The van der Waals surface area contributed by atoms with E-state index in [-0.39, 0.29) is 12.1 Å². The van der Waals surface area contributed by atoms with Crippen LogP contribution in [0.25, 0.3) is 22.3 Å². The molecule has 1 unspecified atom stereocenters. The van der Waals surface area contributed by atoms with Crippen LogP contribution in [0, 0.1) is 0 Å². The number of carbonyl (C=O) groups excluding carboxylic acids is 1. The molecule has 4 heterocycles. The first-order valence-corrected chi connectivity index (χ1v) is 11.5. The second-order valence-corrected chi connectivity index (χ2v) is 9.82. The maximum atomic E-state index is 14.7. The van der Waals surface area contributed by atoms with Crippen LogP contribution in [0.15, 0.2) is 24.7 Å². The Bertz CT molecular complexity index is 1220. The molecule has 11 heteroatoms. The van der Waals surface area contributed by atoms with Crippen molar-refractivity contribution in [3.05, 3.63) is 24.7 Å². The lowest BCUT2D eigenvalue weighted by Gasteiger charge is -2.47. The standard InChI is InChI=1S/C22H25BFN7O2/c23-22(33)6-2-5-21(7-8-21)31(22)19(32)28-16-12-26-29-18(16)15-9-17-14(10-25-15)11-27-30(17)13-20(24)3-1-4-20/h9-12,33H,1-8,13H2,(H,26,29)(H,28,32). The van der Waals surface area contributed by atoms with Gasteiger partial charge >= 0.3 is 6.03 Å². The fraction of sp³-hybridized carbons (Fsp3) is 0.545. The van der Waals surface area contributed by atoms with Crippen molar-refractivity contribution in [2.45, 2.75) is 74.7 Å². The minimum Gasteiger partial charge on any atom is -0.380 e. The summed E-state index contributed by atoms with van der Waals surface area (Å²) in [4.78, 5) is 19.1. The molecule has 2 aliphatic carbocycles. The topological polar surface area (TPSA) is 112 Å². The van der Waals surface area contributed by atoms with Gasteiger partial charge in [0.05, 0.1) is 41.5 Å². The number of nitrogens with one attached hydrogen (secondary N) is 2. The number of piperidine rings is 1. The molecule has 9 nitrogen and oxygen atoms in total. The molecule has 1 saturated heterocycles. The van der Waals surface area contributed by atoms with Gasteiger partial charge in [0, 0.05) is 17.1 Å². The van der Waals surface area contributed by atoms with Crippen LogP contribution in [-0.2, 0) is 6.54 Å². The number of nitrogens with zero attached hydrogens (tertiary/aromatic N) is 5. The molecule has 0 bridgehead atoms. The molecule has 3 fully saturated rings. The number of pyridine rings is 1. The molecule has 6 rings (SSSR count). The molecular formula is C22H25BFN7O2. The number of hydrogen-bond donors (Lipinski definition) is 3. The average Bonchev–Trinajstić information content (AvgIpc) is 3.16. The maximum Gasteiger partial charge on any atom is 0.324 e. The van der Waals surface area contributed by atoms with Gasteiger partial charge in [0.1, 0.15) is 19.2 Å². The quantitative estimate of drug-likeness (QED) is 0.530. The number of aromatic amines is 1. The second-order valence-electron chi connectivity index (χ2n) is 9.82. The summed E-state index contributed by atoms with van der Waals surface area (Å²) in [5.74, 6) is 0. The Hall–Kier alpha value is -2.95. The van der Waals surface area contributed by atoms with Gasteiger partial charge in [-0.1, -0.05) is 0 Å². The number of halogens is 1. The van der Waals surface area contributed by atoms with E-state index in [1.807, 2.05) is 6.07 Å². The Kier molecular flexibility index (Phi) is 4.40. The predicted molar refractivity (Wildman–Crippen MR) is 120 cm³/mol. The fourth-order valence-corrected chi connectivity index (χ4v) is 5.29. The number of anilines is 1. The van der Waals surface area contributed by atoms with Gasteiger partial charge in [-0.05, 0) is 57.4 Å². The first-order valence-electron chi connectivity index (χ1n) is 11.5. The van der Waals surface area contributed by atoms with Crippen molar-refractivity contribution < 1.29 is 14.3 Å². The number of amides is 2. The highest BCUT2D eigenvalue weighted by Gasteiger charge is 2.57. The van der Waals surface area contributed by atoms with Crippen LogP contribution in [0.5, 0.6) is 0 Å². The number of aromatic nitrogens is 5. The minimum atomic E-state index is -1.68. The summed E-state index contributed by atoms with van der Waals surface area (Å²) in [6.45, 7) is 0.207. The number of H-pyrrole nitrogens is 1. The Morgan fingerprint density at radius 1 is 1.18 bits per heavy atom. The van der Waals surface area contributed by atoms with Crippen molar-refractivity contribution in [1.82, 2.24) is 29.9 Å². The molecular weight excluding hydrogens is 424 g/mol. The van der Waals surface area contributed by atoms with E-state index in [1.54, 1.807) is 17.1 Å². The zero-order valence-corrected chi connectivity index (χ0v) is 18.2. The molecule has 1 spiro atoms. The van der Waals surface area contributed by atoms with Gasteiger partial charge < -0.3 is 10.4 Å². The van der Waals surface area contributed by atoms with Crippen LogP contribution in [-0.4, -0.2) is 65.7 Å². The number of aliphatic hydroxyl groups is 1. The molecule has 3 aliphatic rings. The van der Waals surface area contributed by atoms with E-state index < -0.39 is 17.3 Å². The first kappa shape index (κ1) is 20.6. The van der Waals surface area contributed by atoms with Gasteiger partial charge in [-0.25, -0.2) is 9.18 Å². The Morgan fingerprint density at radius 2 is 1.97 bits per heavy atom. The summed E-state index contributed by atoms with van der Waals surface area (Å²) in [7, 11) is 6.09. The largest absolute Gasteiger partial charge is 0.380 e. The van der Waals surface area contributed by atoms with E-state index in [1.165, 1.54) is 11.1 Å². The summed E-state index contributed by atoms with van der Waals surface area (Å²) in [5, 5.41) is 25.7. The van der Waals surface area contributed by atoms with E-state index >= 15 is 0 Å². The smallest absolute Gasteiger partial charge is 0.324 e. The number of hydrogen-bond acceptors (Lipinski definition) is 5. The molecule has 1 aliphatic heterocycles. The molecule has 3 N–H and O–H groups in total. The lowest BCUT2D eigenvalue weighted by molar-refractivity contribution is -0.0669. The van der Waals surface area contributed by atoms with Crippen molar-refractivity contribution in [1.29, 1.82) is 0 Å². The summed E-state index contributed by atoms with van der Waals surface area (Å²) >= 11 is 0. The first-order chi connectivity index (χ1) is 15.8. The zero-order valence-electron chi connectivity index (χ0n) is 18.2. The van der Waals surface area contributed by atoms with E-state index in [4.69, 9.17) is 7.85 Å². The van der Waals surface area contributed by atoms with Gasteiger partial charge in [-0.15, -0.1) is 0 Å². The van der Waals surface area contributed by atoms with E-state index in [0.29, 0.717) is 36.3 Å².